The maximum atomic E-state index is 13.4. The smallest absolute Gasteiger partial charge is 0.343 e. The zero-order chi connectivity index (χ0) is 23.5. The fourth-order valence-electron chi connectivity index (χ4n) is 4.02. The summed E-state index contributed by atoms with van der Waals surface area (Å²) in [5.41, 5.74) is 2.28. The van der Waals surface area contributed by atoms with E-state index in [1.807, 2.05) is 18.2 Å². The molecular weight excluding hydrogens is 452 g/mol. The molecule has 1 saturated heterocycles. The molecule has 0 aliphatic carbocycles. The van der Waals surface area contributed by atoms with Gasteiger partial charge in [0.05, 0.1) is 22.0 Å². The molecule has 9 heteroatoms. The van der Waals surface area contributed by atoms with Crippen molar-refractivity contribution in [1.82, 2.24) is 19.9 Å². The van der Waals surface area contributed by atoms with E-state index < -0.39 is 0 Å². The molecule has 8 nitrogen and oxygen atoms in total. The van der Waals surface area contributed by atoms with Crippen LogP contribution in [0.3, 0.4) is 0 Å². The van der Waals surface area contributed by atoms with Gasteiger partial charge in [-0.2, -0.15) is 0 Å². The number of piperazine rings is 1. The summed E-state index contributed by atoms with van der Waals surface area (Å²) in [6.07, 6.45) is 0. The molecule has 0 saturated carbocycles. The third-order valence-corrected chi connectivity index (χ3v) is 6.09. The highest BCUT2D eigenvalue weighted by molar-refractivity contribution is 6.30. The molecule has 0 radical (unpaired) electrons. The molecule has 0 amide bonds. The topological polar surface area (TPSA) is 78.4 Å². The lowest BCUT2D eigenvalue weighted by molar-refractivity contribution is -0.732. The van der Waals surface area contributed by atoms with Gasteiger partial charge in [0.15, 0.2) is 5.69 Å². The Balaban J connectivity index is 1.38. The van der Waals surface area contributed by atoms with Crippen molar-refractivity contribution in [1.29, 1.82) is 0 Å². The predicted octanol–water partition coefficient (Wildman–Crippen LogP) is 3.04. The molecule has 0 unspecified atom stereocenters. The lowest BCUT2D eigenvalue weighted by atomic mass is 10.2. The quantitative estimate of drug-likeness (QED) is 0.447. The summed E-state index contributed by atoms with van der Waals surface area (Å²) in [4.78, 5) is 20.5. The third kappa shape index (κ3) is 4.64. The minimum Gasteiger partial charge on any atom is -0.507 e. The largest absolute Gasteiger partial charge is 0.507 e. The average Bonchev–Trinajstić information content (AvgIpc) is 3.31. The molecule has 1 aliphatic rings. The standard InChI is InChI=1S/C25H23ClN6O2/c26-19-10-12-21(13-11-19)31-27-25(22-8-4-5-9-23(22)33)28-32(31)24(34)18-29-14-16-30(17-15-29)20-6-2-1-3-7-20/h1-13H,14-18H2/p+1. The summed E-state index contributed by atoms with van der Waals surface area (Å²) < 4.78 is 0. The van der Waals surface area contributed by atoms with E-state index in [0.29, 0.717) is 16.3 Å². The van der Waals surface area contributed by atoms with Crippen LogP contribution in [0.5, 0.6) is 5.75 Å². The van der Waals surface area contributed by atoms with Crippen LogP contribution in [0.1, 0.15) is 4.79 Å². The highest BCUT2D eigenvalue weighted by Gasteiger charge is 2.30. The van der Waals surface area contributed by atoms with Crippen LogP contribution in [-0.2, 0) is 0 Å². The van der Waals surface area contributed by atoms with Gasteiger partial charge in [0.1, 0.15) is 5.75 Å². The van der Waals surface area contributed by atoms with E-state index in [0.717, 1.165) is 26.2 Å². The number of para-hydroxylation sites is 2. The Bertz CT molecular complexity index is 1280. The van der Waals surface area contributed by atoms with Gasteiger partial charge in [-0.05, 0) is 58.4 Å². The van der Waals surface area contributed by atoms with Crippen LogP contribution in [0.15, 0.2) is 78.9 Å². The molecule has 0 atom stereocenters. The van der Waals surface area contributed by atoms with Crippen molar-refractivity contribution in [3.8, 4) is 22.8 Å². The van der Waals surface area contributed by atoms with Crippen LogP contribution in [-0.4, -0.2) is 63.6 Å². The van der Waals surface area contributed by atoms with Crippen molar-refractivity contribution in [2.75, 3.05) is 37.6 Å². The van der Waals surface area contributed by atoms with E-state index in [1.165, 1.54) is 15.3 Å². The number of phenols is 1. The Morgan fingerprint density at radius 1 is 0.912 bits per heavy atom. The second-order valence-electron chi connectivity index (χ2n) is 8.09. The summed E-state index contributed by atoms with van der Waals surface area (Å²) in [7, 11) is 0. The van der Waals surface area contributed by atoms with Gasteiger partial charge in [-0.25, -0.2) is 0 Å². The minimum atomic E-state index is -0.211. The van der Waals surface area contributed by atoms with E-state index in [9.17, 15) is 9.90 Å². The molecular formula is C25H24ClN6O2+. The van der Waals surface area contributed by atoms with E-state index in [1.54, 1.807) is 48.5 Å². The Morgan fingerprint density at radius 2 is 1.59 bits per heavy atom. The van der Waals surface area contributed by atoms with E-state index in [-0.39, 0.29) is 24.0 Å². The average molecular weight is 476 g/mol. The van der Waals surface area contributed by atoms with Gasteiger partial charge in [-0.3, -0.25) is 9.69 Å². The Labute approximate surface area is 202 Å². The zero-order valence-corrected chi connectivity index (χ0v) is 19.2. The minimum absolute atomic E-state index is 0.0485. The highest BCUT2D eigenvalue weighted by atomic mass is 35.5. The number of aromatic nitrogens is 4. The summed E-state index contributed by atoms with van der Waals surface area (Å²) in [6.45, 7) is 3.43. The van der Waals surface area contributed by atoms with Crippen molar-refractivity contribution in [3.63, 3.8) is 0 Å². The first-order valence-electron chi connectivity index (χ1n) is 11.1. The number of rotatable bonds is 5. The summed E-state index contributed by atoms with van der Waals surface area (Å²) in [5.74, 6) is 0.0972. The van der Waals surface area contributed by atoms with E-state index in [4.69, 9.17) is 11.6 Å². The van der Waals surface area contributed by atoms with Crippen LogP contribution in [0.2, 0.25) is 5.02 Å². The monoisotopic (exact) mass is 475 g/mol. The fraction of sp³-hybridized carbons (Fsp3) is 0.200. The highest BCUT2D eigenvalue weighted by Crippen LogP contribution is 2.25. The van der Waals surface area contributed by atoms with Crippen molar-refractivity contribution in [2.45, 2.75) is 0 Å². The molecule has 5 rings (SSSR count). The Hall–Kier alpha value is -3.75. The van der Waals surface area contributed by atoms with Gasteiger partial charge < -0.3 is 10.0 Å². The second-order valence-corrected chi connectivity index (χ2v) is 8.52. The number of benzene rings is 3. The number of carbonyl (C=O) groups excluding carboxylic acids is 1. The van der Waals surface area contributed by atoms with Crippen LogP contribution in [0.25, 0.3) is 17.1 Å². The van der Waals surface area contributed by atoms with Crippen molar-refractivity contribution < 1.29 is 14.7 Å². The van der Waals surface area contributed by atoms with Gasteiger partial charge in [0.25, 0.3) is 0 Å². The first kappa shape index (κ1) is 22.1. The molecule has 0 spiro atoms. The molecule has 2 heterocycles. The molecule has 1 aliphatic heterocycles. The van der Waals surface area contributed by atoms with E-state index in [2.05, 4.69) is 32.1 Å². The molecule has 3 aromatic carbocycles. The van der Waals surface area contributed by atoms with Crippen LogP contribution in [0.4, 0.5) is 5.69 Å². The lowest BCUT2D eigenvalue weighted by Crippen LogP contribution is -2.52. The molecule has 34 heavy (non-hydrogen) atoms. The number of hydrogen-bond acceptors (Lipinski definition) is 6. The number of tetrazole rings is 1. The van der Waals surface area contributed by atoms with Gasteiger partial charge >= 0.3 is 11.7 Å². The normalized spacial score (nSPS) is 14.3. The maximum Gasteiger partial charge on any atom is 0.343 e. The summed E-state index contributed by atoms with van der Waals surface area (Å²) in [5, 5.41) is 19.8. The number of aromatic hydroxyl groups is 1. The summed E-state index contributed by atoms with van der Waals surface area (Å²) >= 11 is 6.05. The number of hydrogen-bond donors (Lipinski definition) is 1. The van der Waals surface area contributed by atoms with Crippen molar-refractivity contribution in [2.24, 2.45) is 0 Å². The van der Waals surface area contributed by atoms with Crippen molar-refractivity contribution >= 4 is 23.2 Å². The molecule has 0 bridgehead atoms. The molecule has 1 aromatic heterocycles. The molecule has 1 fully saturated rings. The van der Waals surface area contributed by atoms with E-state index >= 15 is 0 Å². The number of anilines is 1. The maximum absolute atomic E-state index is 13.4. The van der Waals surface area contributed by atoms with Gasteiger partial charge in [0.2, 0.25) is 0 Å². The first-order valence-corrected chi connectivity index (χ1v) is 11.5. The lowest BCUT2D eigenvalue weighted by Gasteiger charge is -2.35. The third-order valence-electron chi connectivity index (χ3n) is 5.84. The predicted molar refractivity (Wildman–Crippen MR) is 129 cm³/mol. The fourth-order valence-corrected chi connectivity index (χ4v) is 4.14. The number of phenolic OH excluding ortho intramolecular Hbond substituents is 1. The SMILES string of the molecule is O=C(CN1CCN(c2ccccc2)CC1)n1nc(-c2ccccc2O)n[n+]1-c1ccc(Cl)cc1. The van der Waals surface area contributed by atoms with Gasteiger partial charge in [-0.15, -0.1) is 0 Å². The Kier molecular flexibility index (Phi) is 6.24. The zero-order valence-electron chi connectivity index (χ0n) is 18.5. The van der Waals surface area contributed by atoms with Gasteiger partial charge in [-0.1, -0.05) is 41.9 Å². The molecule has 172 valence electrons. The molecule has 4 aromatic rings. The second kappa shape index (κ2) is 9.62. The first-order chi connectivity index (χ1) is 16.6. The van der Waals surface area contributed by atoms with Crippen LogP contribution in [0, 0.1) is 0 Å². The van der Waals surface area contributed by atoms with Crippen LogP contribution >= 0.6 is 11.6 Å². The number of carbonyl (C=O) groups is 1. The van der Waals surface area contributed by atoms with Crippen LogP contribution < -0.4 is 9.70 Å². The van der Waals surface area contributed by atoms with Crippen molar-refractivity contribution in [3.05, 3.63) is 83.9 Å². The Morgan fingerprint density at radius 3 is 2.29 bits per heavy atom. The van der Waals surface area contributed by atoms with Gasteiger partial charge in [0, 0.05) is 36.9 Å². The molecule has 1 N–H and O–H groups in total. The number of nitrogens with zero attached hydrogens (tertiary/aromatic N) is 6. The summed E-state index contributed by atoms with van der Waals surface area (Å²) in [6, 6.07) is 24.1. The number of halogens is 1.